The number of amides is 2. The summed E-state index contributed by atoms with van der Waals surface area (Å²) in [7, 11) is 2.94. The van der Waals surface area contributed by atoms with Crippen molar-refractivity contribution in [3.63, 3.8) is 0 Å². The van der Waals surface area contributed by atoms with E-state index in [9.17, 15) is 24.3 Å². The normalized spacial score (nSPS) is 30.0. The van der Waals surface area contributed by atoms with Crippen LogP contribution in [0.2, 0.25) is 0 Å². The molecule has 0 spiro atoms. The fourth-order valence-electron chi connectivity index (χ4n) is 5.61. The molecule has 0 aromatic rings. The number of ether oxygens (including phenoxy) is 3. The quantitative estimate of drug-likeness (QED) is 0.134. The Bertz CT molecular complexity index is 1250. The molecule has 0 aromatic carbocycles. The molecule has 1 aliphatic carbocycles. The molecule has 2 bridgehead atoms. The van der Waals surface area contributed by atoms with Crippen molar-refractivity contribution in [3.05, 3.63) is 58.5 Å². The molecular weight excluding hydrogens is 592 g/mol. The molecule has 0 aromatic heterocycles. The van der Waals surface area contributed by atoms with Gasteiger partial charge in [0.05, 0.1) is 23.6 Å². The van der Waals surface area contributed by atoms with Crippen molar-refractivity contribution in [2.75, 3.05) is 27.3 Å². The van der Waals surface area contributed by atoms with Gasteiger partial charge >= 0.3 is 6.09 Å². The minimum Gasteiger partial charge on any atom is -0.439 e. The number of nitrogens with one attached hydrogen (secondary N) is 2. The van der Waals surface area contributed by atoms with Crippen LogP contribution in [0.5, 0.6) is 0 Å². The van der Waals surface area contributed by atoms with Crippen molar-refractivity contribution in [1.82, 2.24) is 10.6 Å². The predicted octanol–water partition coefficient (Wildman–Crippen LogP) is 2.87. The Balaban J connectivity index is 2.54. The lowest BCUT2D eigenvalue weighted by molar-refractivity contribution is -0.120. The topological polar surface area (TPSA) is 192 Å². The summed E-state index contributed by atoms with van der Waals surface area (Å²) in [5.74, 6) is -2.04. The SMILES string of the molecule is CO[C@H]1/C=C\C=C(\C)C(=O)NC2=CC(=O)C(NCCCCCCN)=C(C[C@@H](C)C[C@H](OC)[C@H](O)[C@@H](C)/C=C(/C)C1OC(N)=O)C2=O. The van der Waals surface area contributed by atoms with E-state index >= 15 is 0 Å². The number of allylic oxidation sites excluding steroid dienone is 4. The monoisotopic (exact) mass is 644 g/mol. The second-order valence-electron chi connectivity index (χ2n) is 12.1. The van der Waals surface area contributed by atoms with E-state index in [2.05, 4.69) is 10.6 Å². The molecule has 0 saturated heterocycles. The van der Waals surface area contributed by atoms with Crippen LogP contribution >= 0.6 is 0 Å². The number of primary amides is 1. The number of aliphatic hydroxyl groups is 1. The standard InChI is InChI=1S/C34H52N4O8/c1-20-16-24-29(37-15-10-8-7-9-14-35)26(39)19-25(31(24)41)38-33(42)21(2)12-11-13-27(44-5)32(46-34(36)43)23(4)18-22(3)30(40)28(17-20)45-6/h11-13,18-20,22,27-28,30,32,37,40H,7-10,14-17,35H2,1-6H3,(H2,36,43)(H,38,42)/b13-11-,21-12-,23-18-/t20-,22+,27+,28+,30-,32?/m1/s1. The highest BCUT2D eigenvalue weighted by Gasteiger charge is 2.33. The highest BCUT2D eigenvalue weighted by molar-refractivity contribution is 6.23. The lowest BCUT2D eigenvalue weighted by Gasteiger charge is -2.30. The first-order chi connectivity index (χ1) is 21.8. The molecule has 7 N–H and O–H groups in total. The number of ketones is 2. The summed E-state index contributed by atoms with van der Waals surface area (Å²) in [5, 5.41) is 17.1. The molecule has 12 nitrogen and oxygen atoms in total. The van der Waals surface area contributed by atoms with Crippen LogP contribution in [0.3, 0.4) is 0 Å². The first-order valence-electron chi connectivity index (χ1n) is 15.9. The van der Waals surface area contributed by atoms with E-state index in [1.54, 1.807) is 32.1 Å². The van der Waals surface area contributed by atoms with Gasteiger partial charge in [-0.15, -0.1) is 0 Å². The molecular formula is C34H52N4O8. The fourth-order valence-corrected chi connectivity index (χ4v) is 5.61. The summed E-state index contributed by atoms with van der Waals surface area (Å²) in [5.41, 5.74) is 12.2. The molecule has 2 amide bonds. The van der Waals surface area contributed by atoms with Crippen molar-refractivity contribution in [2.45, 2.75) is 90.6 Å². The van der Waals surface area contributed by atoms with Gasteiger partial charge in [-0.05, 0) is 57.6 Å². The maximum atomic E-state index is 13.8. The minimum absolute atomic E-state index is 0.109. The van der Waals surface area contributed by atoms with Gasteiger partial charge < -0.3 is 41.4 Å². The van der Waals surface area contributed by atoms with Crippen LogP contribution < -0.4 is 22.1 Å². The first-order valence-corrected chi connectivity index (χ1v) is 15.9. The number of hydrogen-bond acceptors (Lipinski definition) is 10. The number of methoxy groups -OCH3 is 2. The van der Waals surface area contributed by atoms with Gasteiger partial charge in [0.2, 0.25) is 11.6 Å². The lowest BCUT2D eigenvalue weighted by Crippen LogP contribution is -2.38. The molecule has 0 saturated carbocycles. The summed E-state index contributed by atoms with van der Waals surface area (Å²) in [6.45, 7) is 8.17. The van der Waals surface area contributed by atoms with Gasteiger partial charge in [0, 0.05) is 43.9 Å². The Hall–Kier alpha value is -3.58. The Labute approximate surface area is 272 Å². The third-order valence-electron chi connectivity index (χ3n) is 8.23. The molecule has 0 fully saturated rings. The second kappa shape index (κ2) is 19.2. The van der Waals surface area contributed by atoms with Crippen molar-refractivity contribution < 1.29 is 38.5 Å². The number of carbonyl (C=O) groups excluding carboxylic acids is 4. The maximum Gasteiger partial charge on any atom is 0.405 e. The number of nitrogens with two attached hydrogens (primary N) is 2. The third kappa shape index (κ3) is 11.3. The highest BCUT2D eigenvalue weighted by Crippen LogP contribution is 2.29. The van der Waals surface area contributed by atoms with Crippen LogP contribution in [-0.2, 0) is 28.6 Å². The Kier molecular flexibility index (Phi) is 16.1. The number of fused-ring (bicyclic) bond motifs is 2. The van der Waals surface area contributed by atoms with Gasteiger partial charge in [-0.1, -0.05) is 51.0 Å². The van der Waals surface area contributed by atoms with Gasteiger partial charge in [-0.25, -0.2) is 4.79 Å². The highest BCUT2D eigenvalue weighted by atomic mass is 16.6. The zero-order valence-electron chi connectivity index (χ0n) is 28.0. The number of unbranched alkanes of at least 4 members (excludes halogenated alkanes) is 3. The Morgan fingerprint density at radius 3 is 2.41 bits per heavy atom. The Morgan fingerprint density at radius 2 is 1.78 bits per heavy atom. The van der Waals surface area contributed by atoms with Crippen LogP contribution in [0.4, 0.5) is 4.79 Å². The third-order valence-corrected chi connectivity index (χ3v) is 8.23. The van der Waals surface area contributed by atoms with E-state index < -0.39 is 53.9 Å². The number of Topliss-reactive ketones (excluding diaryl/α,β-unsaturated/α-hetero) is 1. The van der Waals surface area contributed by atoms with Crippen molar-refractivity contribution in [1.29, 1.82) is 0 Å². The van der Waals surface area contributed by atoms with Crippen LogP contribution in [0.15, 0.2) is 58.5 Å². The summed E-state index contributed by atoms with van der Waals surface area (Å²) < 4.78 is 16.7. The largest absolute Gasteiger partial charge is 0.439 e. The summed E-state index contributed by atoms with van der Waals surface area (Å²) in [4.78, 5) is 52.0. The average Bonchev–Trinajstić information content (AvgIpc) is 3.01. The molecule has 6 atom stereocenters. The molecule has 0 radical (unpaired) electrons. The number of carbonyl (C=O) groups is 4. The van der Waals surface area contributed by atoms with Gasteiger partial charge in [0.15, 0.2) is 6.10 Å². The first kappa shape index (κ1) is 38.6. The summed E-state index contributed by atoms with van der Waals surface area (Å²) in [6, 6.07) is 0. The molecule has 2 rings (SSSR count). The Morgan fingerprint density at radius 1 is 1.09 bits per heavy atom. The summed E-state index contributed by atoms with van der Waals surface area (Å²) >= 11 is 0. The van der Waals surface area contributed by atoms with E-state index in [1.807, 2.05) is 13.8 Å². The van der Waals surface area contributed by atoms with Gasteiger partial charge in [0.25, 0.3) is 5.91 Å². The van der Waals surface area contributed by atoms with E-state index in [0.29, 0.717) is 25.1 Å². The van der Waals surface area contributed by atoms with E-state index in [4.69, 9.17) is 25.7 Å². The van der Waals surface area contributed by atoms with E-state index in [1.165, 1.54) is 20.3 Å². The average molecular weight is 645 g/mol. The van der Waals surface area contributed by atoms with Crippen LogP contribution in [0, 0.1) is 11.8 Å². The molecule has 2 aliphatic rings. The van der Waals surface area contributed by atoms with E-state index in [0.717, 1.165) is 31.8 Å². The van der Waals surface area contributed by atoms with Gasteiger partial charge in [-0.3, -0.25) is 14.4 Å². The van der Waals surface area contributed by atoms with Crippen LogP contribution in [-0.4, -0.2) is 80.4 Å². The van der Waals surface area contributed by atoms with Gasteiger partial charge in [-0.2, -0.15) is 0 Å². The zero-order valence-corrected chi connectivity index (χ0v) is 28.0. The maximum absolute atomic E-state index is 13.8. The molecule has 1 aliphatic heterocycles. The van der Waals surface area contributed by atoms with E-state index in [-0.39, 0.29) is 34.9 Å². The van der Waals surface area contributed by atoms with Gasteiger partial charge in [0.1, 0.15) is 6.10 Å². The smallest absolute Gasteiger partial charge is 0.405 e. The van der Waals surface area contributed by atoms with Crippen molar-refractivity contribution >= 4 is 23.6 Å². The molecule has 1 heterocycles. The van der Waals surface area contributed by atoms with Crippen molar-refractivity contribution in [2.24, 2.45) is 23.3 Å². The summed E-state index contributed by atoms with van der Waals surface area (Å²) in [6.07, 6.45) is 7.54. The molecule has 46 heavy (non-hydrogen) atoms. The number of hydrogen-bond donors (Lipinski definition) is 5. The fraction of sp³-hybridized carbons (Fsp3) is 0.588. The zero-order chi connectivity index (χ0) is 34.4. The van der Waals surface area contributed by atoms with Crippen molar-refractivity contribution in [3.8, 4) is 0 Å². The number of aliphatic hydroxyl groups excluding tert-OH is 1. The second-order valence-corrected chi connectivity index (χ2v) is 12.1. The lowest BCUT2D eigenvalue weighted by atomic mass is 9.85. The molecule has 1 unspecified atom stereocenters. The minimum atomic E-state index is -0.997. The molecule has 12 heteroatoms. The molecule has 256 valence electrons. The van der Waals surface area contributed by atoms with Crippen LogP contribution in [0.25, 0.3) is 0 Å². The predicted molar refractivity (Wildman–Crippen MR) is 175 cm³/mol. The van der Waals surface area contributed by atoms with Crippen LogP contribution in [0.1, 0.15) is 66.2 Å². The number of rotatable bonds is 10.